The number of hydrogen-bond donors (Lipinski definition) is 1. The average Bonchev–Trinajstić information content (AvgIpc) is 2.62. The number of aryl methyl sites for hydroxylation is 1. The summed E-state index contributed by atoms with van der Waals surface area (Å²) in [5, 5.41) is 0. The second-order valence-corrected chi connectivity index (χ2v) is 7.54. The van der Waals surface area contributed by atoms with E-state index in [9.17, 15) is 0 Å². The lowest BCUT2D eigenvalue weighted by molar-refractivity contribution is 0.0784. The molecule has 0 aliphatic heterocycles. The van der Waals surface area contributed by atoms with Crippen molar-refractivity contribution in [1.29, 1.82) is 0 Å². The fraction of sp³-hybridized carbons (Fsp3) is 0.667. The zero-order chi connectivity index (χ0) is 15.0. The Morgan fingerprint density at radius 2 is 1.95 bits per heavy atom. The molecule has 0 radical (unpaired) electrons. The summed E-state index contributed by atoms with van der Waals surface area (Å²) < 4.78 is 0. The van der Waals surface area contributed by atoms with E-state index in [0.717, 1.165) is 13.1 Å². The lowest BCUT2D eigenvalue weighted by Crippen LogP contribution is -2.54. The molecule has 0 spiro atoms. The molecule has 0 bridgehead atoms. The average molecular weight is 274 g/mol. The minimum atomic E-state index is 0.145. The number of rotatable bonds is 4. The first-order valence-corrected chi connectivity index (χ1v) is 7.76. The molecule has 2 rings (SSSR count). The molecule has 2 nitrogen and oxygen atoms in total. The van der Waals surface area contributed by atoms with Gasteiger partial charge in [-0.1, -0.05) is 45.0 Å². The predicted molar refractivity (Wildman–Crippen MR) is 86.6 cm³/mol. The third-order valence-electron chi connectivity index (χ3n) is 5.34. The van der Waals surface area contributed by atoms with Crippen LogP contribution in [0.3, 0.4) is 0 Å². The van der Waals surface area contributed by atoms with Crippen LogP contribution in [-0.2, 0) is 6.54 Å². The third kappa shape index (κ3) is 2.77. The third-order valence-corrected chi connectivity index (χ3v) is 5.34. The minimum Gasteiger partial charge on any atom is -0.329 e. The van der Waals surface area contributed by atoms with Gasteiger partial charge in [-0.05, 0) is 49.3 Å². The molecule has 0 aromatic heterocycles. The Labute approximate surface area is 124 Å². The van der Waals surface area contributed by atoms with Crippen LogP contribution < -0.4 is 5.73 Å². The molecule has 1 aromatic rings. The van der Waals surface area contributed by atoms with Crippen LogP contribution in [-0.4, -0.2) is 24.0 Å². The Morgan fingerprint density at radius 3 is 2.45 bits per heavy atom. The quantitative estimate of drug-likeness (QED) is 0.909. The summed E-state index contributed by atoms with van der Waals surface area (Å²) in [6.07, 6.45) is 2.46. The first kappa shape index (κ1) is 15.5. The lowest BCUT2D eigenvalue weighted by Gasteiger charge is -2.42. The van der Waals surface area contributed by atoms with Gasteiger partial charge in [0, 0.05) is 18.6 Å². The molecule has 0 saturated heterocycles. The summed E-state index contributed by atoms with van der Waals surface area (Å²) in [6, 6.07) is 8.67. The topological polar surface area (TPSA) is 29.3 Å². The van der Waals surface area contributed by atoms with Crippen molar-refractivity contribution in [2.24, 2.45) is 17.1 Å². The van der Waals surface area contributed by atoms with Gasteiger partial charge in [-0.15, -0.1) is 0 Å². The summed E-state index contributed by atoms with van der Waals surface area (Å²) in [7, 11) is 2.25. The Kier molecular flexibility index (Phi) is 4.27. The van der Waals surface area contributed by atoms with Gasteiger partial charge >= 0.3 is 0 Å². The molecule has 1 fully saturated rings. The van der Waals surface area contributed by atoms with E-state index in [-0.39, 0.29) is 5.54 Å². The summed E-state index contributed by atoms with van der Waals surface area (Å²) in [5.74, 6) is 0.650. The van der Waals surface area contributed by atoms with Gasteiger partial charge < -0.3 is 5.73 Å². The van der Waals surface area contributed by atoms with Crippen LogP contribution in [0.4, 0.5) is 0 Å². The van der Waals surface area contributed by atoms with Gasteiger partial charge in [0.25, 0.3) is 0 Å². The first-order chi connectivity index (χ1) is 9.31. The number of likely N-dealkylation sites (N-methyl/N-ethyl adjacent to an activating group) is 1. The fourth-order valence-corrected chi connectivity index (χ4v) is 4.23. The first-order valence-electron chi connectivity index (χ1n) is 7.76. The second kappa shape index (κ2) is 5.50. The van der Waals surface area contributed by atoms with E-state index >= 15 is 0 Å². The van der Waals surface area contributed by atoms with Gasteiger partial charge in [-0.25, -0.2) is 0 Å². The molecule has 0 heterocycles. The van der Waals surface area contributed by atoms with Gasteiger partial charge in [0.15, 0.2) is 0 Å². The Morgan fingerprint density at radius 1 is 1.30 bits per heavy atom. The second-order valence-electron chi connectivity index (χ2n) is 7.54. The van der Waals surface area contributed by atoms with Crippen LogP contribution in [0.5, 0.6) is 0 Å². The number of nitrogens with two attached hydrogens (primary N) is 1. The van der Waals surface area contributed by atoms with Crippen molar-refractivity contribution in [3.8, 4) is 0 Å². The fourth-order valence-electron chi connectivity index (χ4n) is 4.23. The Hall–Kier alpha value is -0.860. The largest absolute Gasteiger partial charge is 0.329 e. The maximum atomic E-state index is 6.23. The van der Waals surface area contributed by atoms with E-state index in [0.29, 0.717) is 11.3 Å². The van der Waals surface area contributed by atoms with E-state index < -0.39 is 0 Å². The zero-order valence-corrected chi connectivity index (χ0v) is 13.7. The van der Waals surface area contributed by atoms with Crippen molar-refractivity contribution in [2.75, 3.05) is 13.6 Å². The molecule has 0 amide bonds. The number of benzene rings is 1. The predicted octanol–water partition coefficient (Wildman–Crippen LogP) is 3.58. The van der Waals surface area contributed by atoms with Crippen molar-refractivity contribution in [1.82, 2.24) is 4.90 Å². The van der Waals surface area contributed by atoms with Gasteiger partial charge in [0.1, 0.15) is 0 Å². The highest BCUT2D eigenvalue weighted by atomic mass is 15.2. The highest BCUT2D eigenvalue weighted by Crippen LogP contribution is 2.49. The Bertz CT molecular complexity index is 466. The van der Waals surface area contributed by atoms with Crippen LogP contribution >= 0.6 is 0 Å². The molecule has 1 saturated carbocycles. The van der Waals surface area contributed by atoms with Gasteiger partial charge in [0.2, 0.25) is 0 Å². The molecular formula is C18H30N2. The van der Waals surface area contributed by atoms with Crippen molar-refractivity contribution < 1.29 is 0 Å². The molecular weight excluding hydrogens is 244 g/mol. The van der Waals surface area contributed by atoms with E-state index in [4.69, 9.17) is 5.73 Å². The summed E-state index contributed by atoms with van der Waals surface area (Å²) in [6.45, 7) is 11.1. The number of nitrogens with zero attached hydrogens (tertiary/aromatic N) is 1. The standard InChI is InChI=1S/C18H30N2/c1-14-8-6-7-9-16(14)11-20(5)18(13-19)12-17(3,4)10-15(18)2/h6-9,15H,10-13,19H2,1-5H3. The normalized spacial score (nSPS) is 29.1. The molecule has 20 heavy (non-hydrogen) atoms. The van der Waals surface area contributed by atoms with Gasteiger partial charge in [-0.3, -0.25) is 4.90 Å². The smallest absolute Gasteiger partial charge is 0.0362 e. The minimum absolute atomic E-state index is 0.145. The van der Waals surface area contributed by atoms with E-state index in [1.54, 1.807) is 0 Å². The molecule has 1 aliphatic rings. The van der Waals surface area contributed by atoms with Crippen LogP contribution in [0.15, 0.2) is 24.3 Å². The monoisotopic (exact) mass is 274 g/mol. The number of hydrogen-bond acceptors (Lipinski definition) is 2. The van der Waals surface area contributed by atoms with E-state index in [1.165, 1.54) is 24.0 Å². The van der Waals surface area contributed by atoms with Crippen molar-refractivity contribution in [2.45, 2.75) is 52.6 Å². The maximum Gasteiger partial charge on any atom is 0.0362 e. The highest BCUT2D eigenvalue weighted by Gasteiger charge is 2.49. The maximum absolute atomic E-state index is 6.23. The van der Waals surface area contributed by atoms with Crippen LogP contribution in [0.2, 0.25) is 0 Å². The molecule has 2 N–H and O–H groups in total. The van der Waals surface area contributed by atoms with Crippen LogP contribution in [0.1, 0.15) is 44.7 Å². The van der Waals surface area contributed by atoms with Gasteiger partial charge in [0.05, 0.1) is 0 Å². The van der Waals surface area contributed by atoms with Crippen molar-refractivity contribution >= 4 is 0 Å². The summed E-state index contributed by atoms with van der Waals surface area (Å²) >= 11 is 0. The van der Waals surface area contributed by atoms with Crippen molar-refractivity contribution in [3.05, 3.63) is 35.4 Å². The highest BCUT2D eigenvalue weighted by molar-refractivity contribution is 5.26. The molecule has 2 heteroatoms. The molecule has 2 atom stereocenters. The van der Waals surface area contributed by atoms with E-state index in [2.05, 4.69) is 63.9 Å². The Balaban J connectivity index is 2.22. The van der Waals surface area contributed by atoms with E-state index in [1.807, 2.05) is 0 Å². The van der Waals surface area contributed by atoms with Crippen LogP contribution in [0.25, 0.3) is 0 Å². The molecule has 1 aliphatic carbocycles. The van der Waals surface area contributed by atoms with Gasteiger partial charge in [-0.2, -0.15) is 0 Å². The van der Waals surface area contributed by atoms with Crippen LogP contribution in [0, 0.1) is 18.3 Å². The molecule has 112 valence electrons. The molecule has 1 aromatic carbocycles. The zero-order valence-electron chi connectivity index (χ0n) is 13.7. The SMILES string of the molecule is Cc1ccccc1CN(C)C1(CN)CC(C)(C)CC1C. The van der Waals surface area contributed by atoms with Crippen molar-refractivity contribution in [3.63, 3.8) is 0 Å². The lowest BCUT2D eigenvalue weighted by atomic mass is 9.84. The molecule has 2 unspecified atom stereocenters. The summed E-state index contributed by atoms with van der Waals surface area (Å²) in [4.78, 5) is 2.51. The summed E-state index contributed by atoms with van der Waals surface area (Å²) in [5.41, 5.74) is 9.57.